The highest BCUT2D eigenvalue weighted by Crippen LogP contribution is 2.38. The summed E-state index contributed by atoms with van der Waals surface area (Å²) in [7, 11) is 1.55. The minimum Gasteiger partial charge on any atom is -0.506 e. The number of phenolic OH excluding ortho intramolecular Hbond substituents is 1. The number of hydrogen-bond acceptors (Lipinski definition) is 3. The molecule has 0 aliphatic rings. The fraction of sp³-hybridized carbons (Fsp3) is 0.455. The quantitative estimate of drug-likeness (QED) is 0.879. The lowest BCUT2D eigenvalue weighted by atomic mass is 10.0. The standard InChI is InChI=1S/C11H16ClNO2.ClH/c1-3-4-8(13)10-9(15-2)6-5-7(12)11(10)14;/h5-6,8,14H,3-4,13H2,1-2H3;1H/t8-;/m1./s1. The van der Waals surface area contributed by atoms with E-state index in [2.05, 4.69) is 0 Å². The van der Waals surface area contributed by atoms with Gasteiger partial charge < -0.3 is 15.6 Å². The maximum atomic E-state index is 9.81. The van der Waals surface area contributed by atoms with Gasteiger partial charge in [-0.25, -0.2) is 0 Å². The second-order valence-corrected chi connectivity index (χ2v) is 3.81. The van der Waals surface area contributed by atoms with Crippen molar-refractivity contribution in [2.24, 2.45) is 5.73 Å². The van der Waals surface area contributed by atoms with E-state index in [1.54, 1.807) is 19.2 Å². The van der Waals surface area contributed by atoms with Crippen molar-refractivity contribution in [2.75, 3.05) is 7.11 Å². The molecule has 16 heavy (non-hydrogen) atoms. The van der Waals surface area contributed by atoms with Crippen LogP contribution in [0.5, 0.6) is 11.5 Å². The Hall–Kier alpha value is -0.640. The van der Waals surface area contributed by atoms with E-state index in [0.717, 1.165) is 12.8 Å². The monoisotopic (exact) mass is 265 g/mol. The predicted octanol–water partition coefficient (Wildman–Crippen LogP) is 3.28. The molecule has 1 atom stereocenters. The molecule has 1 aromatic carbocycles. The van der Waals surface area contributed by atoms with E-state index in [4.69, 9.17) is 22.1 Å². The Bertz CT molecular complexity index is 345. The van der Waals surface area contributed by atoms with Crippen LogP contribution in [0.15, 0.2) is 12.1 Å². The van der Waals surface area contributed by atoms with Crippen LogP contribution >= 0.6 is 24.0 Å². The molecule has 1 rings (SSSR count). The second kappa shape index (κ2) is 6.84. The summed E-state index contributed by atoms with van der Waals surface area (Å²) in [5, 5.41) is 10.1. The molecule has 92 valence electrons. The van der Waals surface area contributed by atoms with E-state index < -0.39 is 0 Å². The Labute approximate surface area is 107 Å². The van der Waals surface area contributed by atoms with Gasteiger partial charge in [-0.15, -0.1) is 12.4 Å². The number of ether oxygens (including phenoxy) is 1. The second-order valence-electron chi connectivity index (χ2n) is 3.41. The highest BCUT2D eigenvalue weighted by molar-refractivity contribution is 6.32. The van der Waals surface area contributed by atoms with Crippen LogP contribution in [0.4, 0.5) is 0 Å². The van der Waals surface area contributed by atoms with Crippen LogP contribution in [0, 0.1) is 0 Å². The van der Waals surface area contributed by atoms with E-state index in [1.165, 1.54) is 0 Å². The average molecular weight is 266 g/mol. The molecular weight excluding hydrogens is 249 g/mol. The van der Waals surface area contributed by atoms with Crippen molar-refractivity contribution in [3.8, 4) is 11.5 Å². The maximum Gasteiger partial charge on any atom is 0.142 e. The molecule has 0 aromatic heterocycles. The molecule has 0 amide bonds. The van der Waals surface area contributed by atoms with Crippen LogP contribution < -0.4 is 10.5 Å². The van der Waals surface area contributed by atoms with E-state index >= 15 is 0 Å². The van der Waals surface area contributed by atoms with E-state index in [1.807, 2.05) is 6.92 Å². The summed E-state index contributed by atoms with van der Waals surface area (Å²) < 4.78 is 5.15. The van der Waals surface area contributed by atoms with Crippen LogP contribution in [-0.4, -0.2) is 12.2 Å². The van der Waals surface area contributed by atoms with E-state index in [9.17, 15) is 5.11 Å². The van der Waals surface area contributed by atoms with Crippen LogP contribution in [0.2, 0.25) is 5.02 Å². The molecular formula is C11H17Cl2NO2. The van der Waals surface area contributed by atoms with Crippen LogP contribution in [-0.2, 0) is 0 Å². The van der Waals surface area contributed by atoms with Gasteiger partial charge in [0, 0.05) is 6.04 Å². The van der Waals surface area contributed by atoms with E-state index in [0.29, 0.717) is 16.3 Å². The van der Waals surface area contributed by atoms with Crippen molar-refractivity contribution in [3.05, 3.63) is 22.7 Å². The molecule has 0 radical (unpaired) electrons. The largest absolute Gasteiger partial charge is 0.506 e. The molecule has 3 nitrogen and oxygen atoms in total. The number of halogens is 2. The van der Waals surface area contributed by atoms with Crippen LogP contribution in [0.25, 0.3) is 0 Å². The first kappa shape index (κ1) is 15.4. The third kappa shape index (κ3) is 3.17. The summed E-state index contributed by atoms with van der Waals surface area (Å²) >= 11 is 5.83. The van der Waals surface area contributed by atoms with Gasteiger partial charge >= 0.3 is 0 Å². The van der Waals surface area contributed by atoms with Crippen LogP contribution in [0.3, 0.4) is 0 Å². The van der Waals surface area contributed by atoms with Crippen molar-refractivity contribution in [3.63, 3.8) is 0 Å². The van der Waals surface area contributed by atoms with Gasteiger partial charge in [0.15, 0.2) is 0 Å². The van der Waals surface area contributed by atoms with Gasteiger partial charge in [0.25, 0.3) is 0 Å². The molecule has 0 heterocycles. The topological polar surface area (TPSA) is 55.5 Å². The maximum absolute atomic E-state index is 9.81. The summed E-state index contributed by atoms with van der Waals surface area (Å²) in [6.45, 7) is 2.04. The summed E-state index contributed by atoms with van der Waals surface area (Å²) in [6.07, 6.45) is 1.72. The molecule has 0 fully saturated rings. The Balaban J connectivity index is 0.00000225. The van der Waals surface area contributed by atoms with Crippen molar-refractivity contribution in [1.29, 1.82) is 0 Å². The fourth-order valence-corrected chi connectivity index (χ4v) is 1.72. The van der Waals surface area contributed by atoms with Crippen molar-refractivity contribution in [1.82, 2.24) is 0 Å². The number of aromatic hydroxyl groups is 1. The minimum absolute atomic E-state index is 0. The van der Waals surface area contributed by atoms with Gasteiger partial charge in [-0.3, -0.25) is 0 Å². The SMILES string of the molecule is CCC[C@@H](N)c1c(OC)ccc(Cl)c1O.Cl. The zero-order valence-corrected chi connectivity index (χ0v) is 10.9. The summed E-state index contributed by atoms with van der Waals surface area (Å²) in [5.41, 5.74) is 6.54. The van der Waals surface area contributed by atoms with Crippen LogP contribution in [0.1, 0.15) is 31.4 Å². The number of nitrogens with two attached hydrogens (primary N) is 1. The Morgan fingerprint density at radius 2 is 2.12 bits per heavy atom. The molecule has 0 aliphatic heterocycles. The van der Waals surface area contributed by atoms with Crippen molar-refractivity contribution in [2.45, 2.75) is 25.8 Å². The minimum atomic E-state index is -0.247. The molecule has 0 saturated carbocycles. The molecule has 0 saturated heterocycles. The predicted molar refractivity (Wildman–Crippen MR) is 68.8 cm³/mol. The van der Waals surface area contributed by atoms with Gasteiger partial charge in [-0.1, -0.05) is 24.9 Å². The van der Waals surface area contributed by atoms with Gasteiger partial charge in [0.1, 0.15) is 11.5 Å². The third-order valence-corrected chi connectivity index (χ3v) is 2.62. The highest BCUT2D eigenvalue weighted by Gasteiger charge is 2.18. The Morgan fingerprint density at radius 3 is 2.62 bits per heavy atom. The molecule has 0 bridgehead atoms. The molecule has 1 aromatic rings. The van der Waals surface area contributed by atoms with Gasteiger partial charge in [-0.2, -0.15) is 0 Å². The normalized spacial score (nSPS) is 11.8. The van der Waals surface area contributed by atoms with Gasteiger partial charge in [0.2, 0.25) is 0 Å². The van der Waals surface area contributed by atoms with Crippen molar-refractivity contribution >= 4 is 24.0 Å². The zero-order chi connectivity index (χ0) is 11.4. The van der Waals surface area contributed by atoms with Gasteiger partial charge in [-0.05, 0) is 18.6 Å². The summed E-state index contributed by atoms with van der Waals surface area (Å²) in [4.78, 5) is 0. The number of phenols is 1. The highest BCUT2D eigenvalue weighted by atomic mass is 35.5. The lowest BCUT2D eigenvalue weighted by molar-refractivity contribution is 0.391. The number of hydrogen-bond donors (Lipinski definition) is 2. The molecule has 5 heteroatoms. The van der Waals surface area contributed by atoms with Gasteiger partial charge in [0.05, 0.1) is 17.7 Å². The van der Waals surface area contributed by atoms with E-state index in [-0.39, 0.29) is 24.2 Å². The molecule has 0 aliphatic carbocycles. The number of rotatable bonds is 4. The molecule has 0 spiro atoms. The number of methoxy groups -OCH3 is 1. The molecule has 3 N–H and O–H groups in total. The first-order chi connectivity index (χ1) is 7.11. The average Bonchev–Trinajstić information content (AvgIpc) is 2.22. The lowest BCUT2D eigenvalue weighted by Crippen LogP contribution is -2.11. The molecule has 0 unspecified atom stereocenters. The fourth-order valence-electron chi connectivity index (χ4n) is 1.55. The lowest BCUT2D eigenvalue weighted by Gasteiger charge is -2.17. The smallest absolute Gasteiger partial charge is 0.142 e. The van der Waals surface area contributed by atoms with Crippen molar-refractivity contribution < 1.29 is 9.84 Å². The number of benzene rings is 1. The zero-order valence-electron chi connectivity index (χ0n) is 9.37. The first-order valence-corrected chi connectivity index (χ1v) is 5.30. The Kier molecular flexibility index (Phi) is 6.56. The first-order valence-electron chi connectivity index (χ1n) is 4.92. The Morgan fingerprint density at radius 1 is 1.50 bits per heavy atom. The third-order valence-electron chi connectivity index (χ3n) is 2.32. The summed E-state index contributed by atoms with van der Waals surface area (Å²) in [5.74, 6) is 0.606. The summed E-state index contributed by atoms with van der Waals surface area (Å²) in [6, 6.07) is 3.06.